The summed E-state index contributed by atoms with van der Waals surface area (Å²) in [5.41, 5.74) is 8.56. The monoisotopic (exact) mass is 224 g/mol. The van der Waals surface area contributed by atoms with Crippen molar-refractivity contribution in [2.24, 2.45) is 0 Å². The summed E-state index contributed by atoms with van der Waals surface area (Å²) in [5.74, 6) is 0. The summed E-state index contributed by atoms with van der Waals surface area (Å²) in [5, 5.41) is 3.28. The van der Waals surface area contributed by atoms with Gasteiger partial charge in [0.2, 0.25) is 0 Å². The molecule has 1 heterocycles. The summed E-state index contributed by atoms with van der Waals surface area (Å²) in [6.45, 7) is 1.98. The summed E-state index contributed by atoms with van der Waals surface area (Å²) >= 11 is 7.45. The molecule has 2 nitrogen and oxygen atoms in total. The molecule has 0 aliphatic carbocycles. The van der Waals surface area contributed by atoms with Crippen LogP contribution in [0.25, 0.3) is 11.3 Å². The molecule has 1 aromatic carbocycles. The first kappa shape index (κ1) is 9.49. The first-order valence-electron chi connectivity index (χ1n) is 4.15. The van der Waals surface area contributed by atoms with Crippen molar-refractivity contribution in [3.63, 3.8) is 0 Å². The molecule has 2 N–H and O–H groups in total. The first-order chi connectivity index (χ1) is 6.68. The summed E-state index contributed by atoms with van der Waals surface area (Å²) in [7, 11) is 0. The molecule has 14 heavy (non-hydrogen) atoms. The summed E-state index contributed by atoms with van der Waals surface area (Å²) in [4.78, 5) is 4.22. The smallest absolute Gasteiger partial charge is 0.180 e. The van der Waals surface area contributed by atoms with Gasteiger partial charge < -0.3 is 5.73 Å². The van der Waals surface area contributed by atoms with Gasteiger partial charge in [0.1, 0.15) is 0 Å². The summed E-state index contributed by atoms with van der Waals surface area (Å²) in [6, 6.07) is 5.78. The molecule has 0 unspecified atom stereocenters. The van der Waals surface area contributed by atoms with E-state index in [9.17, 15) is 0 Å². The number of nitrogen functional groups attached to an aromatic ring is 1. The van der Waals surface area contributed by atoms with Crippen LogP contribution in [0.4, 0.5) is 5.13 Å². The maximum absolute atomic E-state index is 6.01. The molecular formula is C10H9ClN2S. The second-order valence-corrected chi connectivity index (χ2v) is 4.28. The Labute approximate surface area is 91.4 Å². The van der Waals surface area contributed by atoms with Crippen LogP contribution in [0.2, 0.25) is 5.02 Å². The average molecular weight is 225 g/mol. The number of hydrogen-bond donors (Lipinski definition) is 1. The van der Waals surface area contributed by atoms with Gasteiger partial charge in [-0.25, -0.2) is 4.98 Å². The van der Waals surface area contributed by atoms with Gasteiger partial charge in [0, 0.05) is 16.0 Å². The Morgan fingerprint density at radius 3 is 2.86 bits per heavy atom. The van der Waals surface area contributed by atoms with Crippen LogP contribution in [0.1, 0.15) is 5.56 Å². The average Bonchev–Trinajstić information content (AvgIpc) is 2.57. The maximum Gasteiger partial charge on any atom is 0.180 e. The molecule has 2 aromatic rings. The molecular weight excluding hydrogens is 216 g/mol. The first-order valence-corrected chi connectivity index (χ1v) is 5.41. The van der Waals surface area contributed by atoms with E-state index in [4.69, 9.17) is 17.3 Å². The Hall–Kier alpha value is -1.06. The predicted octanol–water partition coefficient (Wildman–Crippen LogP) is 3.35. The Balaban J connectivity index is 2.57. The quantitative estimate of drug-likeness (QED) is 0.807. The fraction of sp³-hybridized carbons (Fsp3) is 0.100. The van der Waals surface area contributed by atoms with Gasteiger partial charge in [-0.3, -0.25) is 0 Å². The SMILES string of the molecule is Cc1c(Cl)cccc1-c1csc(N)n1. The molecule has 72 valence electrons. The number of rotatable bonds is 1. The highest BCUT2D eigenvalue weighted by Crippen LogP contribution is 2.29. The lowest BCUT2D eigenvalue weighted by atomic mass is 10.1. The lowest BCUT2D eigenvalue weighted by Crippen LogP contribution is -1.86. The normalized spacial score (nSPS) is 10.4. The molecule has 0 aliphatic rings. The predicted molar refractivity (Wildman–Crippen MR) is 61.7 cm³/mol. The van der Waals surface area contributed by atoms with Gasteiger partial charge >= 0.3 is 0 Å². The fourth-order valence-corrected chi connectivity index (χ4v) is 2.03. The Morgan fingerprint density at radius 1 is 1.43 bits per heavy atom. The molecule has 1 aromatic heterocycles. The Kier molecular flexibility index (Phi) is 2.44. The van der Waals surface area contributed by atoms with E-state index in [2.05, 4.69) is 4.98 Å². The van der Waals surface area contributed by atoms with Crippen LogP contribution in [-0.2, 0) is 0 Å². The third-order valence-corrected chi connectivity index (χ3v) is 3.15. The molecule has 0 saturated heterocycles. The molecule has 0 fully saturated rings. The molecule has 0 saturated carbocycles. The van der Waals surface area contributed by atoms with Gasteiger partial charge in [-0.15, -0.1) is 11.3 Å². The third-order valence-electron chi connectivity index (χ3n) is 2.07. The van der Waals surface area contributed by atoms with Gasteiger partial charge in [0.25, 0.3) is 0 Å². The van der Waals surface area contributed by atoms with Crippen LogP contribution in [0.5, 0.6) is 0 Å². The third kappa shape index (κ3) is 1.61. The molecule has 0 amide bonds. The van der Waals surface area contributed by atoms with Crippen LogP contribution in [0, 0.1) is 6.92 Å². The van der Waals surface area contributed by atoms with Crippen molar-refractivity contribution >= 4 is 28.1 Å². The number of nitrogens with two attached hydrogens (primary N) is 1. The van der Waals surface area contributed by atoms with Crippen LogP contribution >= 0.6 is 22.9 Å². The van der Waals surface area contributed by atoms with Crippen molar-refractivity contribution in [1.29, 1.82) is 0 Å². The van der Waals surface area contributed by atoms with Gasteiger partial charge in [-0.1, -0.05) is 23.7 Å². The minimum Gasteiger partial charge on any atom is -0.375 e. The van der Waals surface area contributed by atoms with Crippen LogP contribution in [0.15, 0.2) is 23.6 Å². The zero-order valence-corrected chi connectivity index (χ0v) is 9.19. The van der Waals surface area contributed by atoms with Crippen molar-refractivity contribution in [2.75, 3.05) is 5.73 Å². The number of aromatic nitrogens is 1. The van der Waals surface area contributed by atoms with E-state index in [0.717, 1.165) is 21.8 Å². The van der Waals surface area contributed by atoms with Crippen molar-refractivity contribution < 1.29 is 0 Å². The van der Waals surface area contributed by atoms with Gasteiger partial charge in [-0.2, -0.15) is 0 Å². The van der Waals surface area contributed by atoms with E-state index >= 15 is 0 Å². The number of nitrogens with zero attached hydrogens (tertiary/aromatic N) is 1. The van der Waals surface area contributed by atoms with Gasteiger partial charge in [0.15, 0.2) is 5.13 Å². The Morgan fingerprint density at radius 2 is 2.21 bits per heavy atom. The van der Waals surface area contributed by atoms with Crippen LogP contribution in [0.3, 0.4) is 0 Å². The highest BCUT2D eigenvalue weighted by Gasteiger charge is 2.07. The Bertz CT molecular complexity index is 465. The largest absolute Gasteiger partial charge is 0.375 e. The van der Waals surface area contributed by atoms with Crippen molar-refractivity contribution in [3.05, 3.63) is 34.2 Å². The topological polar surface area (TPSA) is 38.9 Å². The minimum atomic E-state index is 0.583. The standard InChI is InChI=1S/C10H9ClN2S/c1-6-7(3-2-4-8(6)11)9-5-14-10(12)13-9/h2-5H,1H3,(H2,12,13). The fourth-order valence-electron chi connectivity index (χ4n) is 1.30. The van der Waals surface area contributed by atoms with Crippen LogP contribution in [-0.4, -0.2) is 4.98 Å². The molecule has 0 radical (unpaired) electrons. The highest BCUT2D eigenvalue weighted by molar-refractivity contribution is 7.13. The lowest BCUT2D eigenvalue weighted by molar-refractivity contribution is 1.37. The summed E-state index contributed by atoms with van der Waals surface area (Å²) < 4.78 is 0. The maximum atomic E-state index is 6.01. The number of halogens is 1. The van der Waals surface area contributed by atoms with Gasteiger partial charge in [-0.05, 0) is 18.6 Å². The van der Waals surface area contributed by atoms with Crippen molar-refractivity contribution in [3.8, 4) is 11.3 Å². The molecule has 0 bridgehead atoms. The summed E-state index contributed by atoms with van der Waals surface area (Å²) in [6.07, 6.45) is 0. The molecule has 2 rings (SSSR count). The second-order valence-electron chi connectivity index (χ2n) is 2.98. The molecule has 0 atom stereocenters. The minimum absolute atomic E-state index is 0.583. The van der Waals surface area contributed by atoms with E-state index < -0.39 is 0 Å². The van der Waals surface area contributed by atoms with Crippen LogP contribution < -0.4 is 5.73 Å². The van der Waals surface area contributed by atoms with E-state index in [1.807, 2.05) is 30.5 Å². The van der Waals surface area contributed by atoms with E-state index in [1.165, 1.54) is 11.3 Å². The number of benzene rings is 1. The zero-order chi connectivity index (χ0) is 10.1. The number of anilines is 1. The van der Waals surface area contributed by atoms with Crippen molar-refractivity contribution in [2.45, 2.75) is 6.92 Å². The van der Waals surface area contributed by atoms with E-state index in [-0.39, 0.29) is 0 Å². The van der Waals surface area contributed by atoms with Crippen molar-refractivity contribution in [1.82, 2.24) is 4.98 Å². The highest BCUT2D eigenvalue weighted by atomic mass is 35.5. The number of thiazole rings is 1. The van der Waals surface area contributed by atoms with E-state index in [1.54, 1.807) is 0 Å². The molecule has 0 spiro atoms. The number of hydrogen-bond acceptors (Lipinski definition) is 3. The molecule has 0 aliphatic heterocycles. The van der Waals surface area contributed by atoms with Gasteiger partial charge in [0.05, 0.1) is 5.69 Å². The van der Waals surface area contributed by atoms with E-state index in [0.29, 0.717) is 5.13 Å². The zero-order valence-electron chi connectivity index (χ0n) is 7.62. The lowest BCUT2D eigenvalue weighted by Gasteiger charge is -2.03. The second kappa shape index (κ2) is 3.59. The molecule has 4 heteroatoms.